The van der Waals surface area contributed by atoms with Crippen molar-refractivity contribution in [3.8, 4) is 33.4 Å². The molecule has 0 atom stereocenters. The van der Waals surface area contributed by atoms with E-state index in [4.69, 9.17) is 0 Å². The molecular weight excluding hydrogens is 759 g/mol. The van der Waals surface area contributed by atoms with Crippen LogP contribution in [0.25, 0.3) is 33.4 Å². The van der Waals surface area contributed by atoms with Crippen LogP contribution in [0.2, 0.25) is 0 Å². The van der Waals surface area contributed by atoms with E-state index < -0.39 is 10.8 Å². The van der Waals surface area contributed by atoms with E-state index in [0.717, 1.165) is 17.1 Å². The molecule has 0 N–H and O–H groups in total. The quantitative estimate of drug-likeness (QED) is 0.148. The van der Waals surface area contributed by atoms with Crippen LogP contribution >= 0.6 is 0 Å². The predicted octanol–water partition coefficient (Wildman–Crippen LogP) is 15.5. The molecule has 63 heavy (non-hydrogen) atoms. The van der Waals surface area contributed by atoms with Crippen LogP contribution in [-0.4, -0.2) is 0 Å². The molecule has 0 unspecified atom stereocenters. The van der Waals surface area contributed by atoms with Gasteiger partial charge in [0.25, 0.3) is 0 Å². The van der Waals surface area contributed by atoms with Gasteiger partial charge < -0.3 is 4.90 Å². The minimum absolute atomic E-state index is 0.462. The fourth-order valence-electron chi connectivity index (χ4n) is 11.0. The summed E-state index contributed by atoms with van der Waals surface area (Å²) in [5.74, 6) is 0. The molecule has 2 aliphatic rings. The zero-order valence-corrected chi connectivity index (χ0v) is 34.8. The highest BCUT2D eigenvalue weighted by atomic mass is 15.1. The van der Waals surface area contributed by atoms with Crippen LogP contribution < -0.4 is 4.90 Å². The smallest absolute Gasteiger partial charge is 0.0713 e. The summed E-state index contributed by atoms with van der Waals surface area (Å²) in [6.07, 6.45) is 0. The first-order chi connectivity index (χ1) is 31.3. The Hall–Kier alpha value is -8.00. The fourth-order valence-corrected chi connectivity index (χ4v) is 11.0. The maximum Gasteiger partial charge on any atom is 0.0713 e. The number of anilines is 3. The Balaban J connectivity index is 1.06. The van der Waals surface area contributed by atoms with Gasteiger partial charge in [-0.25, -0.2) is 0 Å². The molecule has 296 valence electrons. The molecule has 0 saturated carbocycles. The first-order valence-electron chi connectivity index (χ1n) is 21.9. The summed E-state index contributed by atoms with van der Waals surface area (Å²) in [4.78, 5) is 2.43. The minimum Gasteiger partial charge on any atom is -0.310 e. The van der Waals surface area contributed by atoms with E-state index in [1.807, 2.05) is 0 Å². The number of hydrogen-bond acceptors (Lipinski definition) is 1. The summed E-state index contributed by atoms with van der Waals surface area (Å²) in [6, 6.07) is 96.3. The van der Waals surface area contributed by atoms with Gasteiger partial charge in [-0.2, -0.15) is 0 Å². The molecule has 0 saturated heterocycles. The zero-order valence-electron chi connectivity index (χ0n) is 34.8. The molecule has 1 nitrogen and oxygen atoms in total. The summed E-state index contributed by atoms with van der Waals surface area (Å²) in [5, 5.41) is 0. The molecular formula is C62H43N. The predicted molar refractivity (Wildman–Crippen MR) is 261 cm³/mol. The van der Waals surface area contributed by atoms with Crippen molar-refractivity contribution < 1.29 is 0 Å². The average Bonchev–Trinajstić information content (AvgIpc) is 3.84. The lowest BCUT2D eigenvalue weighted by molar-refractivity contribution is 0.768. The third-order valence-electron chi connectivity index (χ3n) is 13.7. The summed E-state index contributed by atoms with van der Waals surface area (Å²) >= 11 is 0. The molecule has 0 radical (unpaired) electrons. The van der Waals surface area contributed by atoms with Crippen LogP contribution in [0.1, 0.15) is 44.5 Å². The summed E-state index contributed by atoms with van der Waals surface area (Å²) in [6.45, 7) is 0. The van der Waals surface area contributed by atoms with Crippen molar-refractivity contribution in [2.75, 3.05) is 4.90 Å². The summed E-state index contributed by atoms with van der Waals surface area (Å²) in [7, 11) is 0. The van der Waals surface area contributed by atoms with Crippen molar-refractivity contribution in [1.82, 2.24) is 0 Å². The third kappa shape index (κ3) is 5.56. The number of rotatable bonds is 8. The number of benzene rings is 10. The van der Waals surface area contributed by atoms with E-state index in [9.17, 15) is 0 Å². The van der Waals surface area contributed by atoms with E-state index in [-0.39, 0.29) is 0 Å². The molecule has 2 aliphatic carbocycles. The normalized spacial score (nSPS) is 13.7. The van der Waals surface area contributed by atoms with Crippen molar-refractivity contribution in [3.05, 3.63) is 305 Å². The largest absolute Gasteiger partial charge is 0.310 e. The Morgan fingerprint density at radius 1 is 0.222 bits per heavy atom. The van der Waals surface area contributed by atoms with Crippen LogP contribution in [0, 0.1) is 0 Å². The van der Waals surface area contributed by atoms with Gasteiger partial charge >= 0.3 is 0 Å². The highest BCUT2D eigenvalue weighted by Crippen LogP contribution is 2.58. The van der Waals surface area contributed by atoms with Gasteiger partial charge in [0.05, 0.1) is 10.8 Å². The number of fused-ring (bicyclic) bond motifs is 6. The zero-order chi connectivity index (χ0) is 41.8. The number of nitrogens with zero attached hydrogens (tertiary/aromatic N) is 1. The topological polar surface area (TPSA) is 3.24 Å². The second-order valence-corrected chi connectivity index (χ2v) is 16.8. The maximum absolute atomic E-state index is 2.43. The van der Waals surface area contributed by atoms with E-state index in [1.165, 1.54) is 77.9 Å². The standard InChI is InChI=1S/C62H43N/c1-5-19-44(20-6-1)45-33-37-50(38-34-45)63(51-39-35-49(36-40-51)62(48-25-11-4-12-26-48)57-30-16-13-27-53(57)54-28-14-17-31-58(54)62)52-41-42-60-56(43-52)55-29-15-18-32-59(55)61(60,46-21-7-2-8-22-46)47-23-9-3-10-24-47/h1-43H. The molecule has 10 aromatic rings. The highest BCUT2D eigenvalue weighted by molar-refractivity contribution is 5.91. The second kappa shape index (κ2) is 14.9. The van der Waals surface area contributed by atoms with Gasteiger partial charge in [0.1, 0.15) is 0 Å². The van der Waals surface area contributed by atoms with Crippen molar-refractivity contribution in [2.24, 2.45) is 0 Å². The van der Waals surface area contributed by atoms with E-state index in [2.05, 4.69) is 266 Å². The van der Waals surface area contributed by atoms with E-state index >= 15 is 0 Å². The van der Waals surface area contributed by atoms with Gasteiger partial charge in [-0.1, -0.05) is 224 Å². The molecule has 0 spiro atoms. The highest BCUT2D eigenvalue weighted by Gasteiger charge is 2.47. The van der Waals surface area contributed by atoms with Gasteiger partial charge in [-0.05, 0) is 114 Å². The Kier molecular flexibility index (Phi) is 8.69. The SMILES string of the molecule is c1ccc(-c2ccc(N(c3ccc(C4(c5ccccc5)c5ccccc5-c5ccccc54)cc3)c3ccc4c(c3)-c3ccccc3C4(c3ccccc3)c3ccccc3)cc2)cc1. The third-order valence-corrected chi connectivity index (χ3v) is 13.7. The van der Waals surface area contributed by atoms with Crippen LogP contribution in [0.5, 0.6) is 0 Å². The van der Waals surface area contributed by atoms with Crippen LogP contribution in [0.3, 0.4) is 0 Å². The number of hydrogen-bond donors (Lipinski definition) is 0. The second-order valence-electron chi connectivity index (χ2n) is 16.8. The summed E-state index contributed by atoms with van der Waals surface area (Å²) < 4.78 is 0. The van der Waals surface area contributed by atoms with E-state index in [1.54, 1.807) is 0 Å². The lowest BCUT2D eigenvalue weighted by Crippen LogP contribution is -2.28. The molecule has 10 aromatic carbocycles. The average molecular weight is 802 g/mol. The molecule has 0 amide bonds. The van der Waals surface area contributed by atoms with Crippen molar-refractivity contribution in [1.29, 1.82) is 0 Å². The van der Waals surface area contributed by atoms with Gasteiger partial charge in [0.2, 0.25) is 0 Å². The molecule has 0 heterocycles. The van der Waals surface area contributed by atoms with Crippen LogP contribution in [0.15, 0.2) is 261 Å². The van der Waals surface area contributed by atoms with Gasteiger partial charge in [-0.15, -0.1) is 0 Å². The van der Waals surface area contributed by atoms with E-state index in [0.29, 0.717) is 0 Å². The maximum atomic E-state index is 2.43. The summed E-state index contributed by atoms with van der Waals surface area (Å²) in [5.41, 5.74) is 20.1. The van der Waals surface area contributed by atoms with Gasteiger partial charge in [0.15, 0.2) is 0 Å². The lowest BCUT2D eigenvalue weighted by atomic mass is 9.67. The Morgan fingerprint density at radius 3 is 1.00 bits per heavy atom. The fraction of sp³-hybridized carbons (Fsp3) is 0.0323. The first-order valence-corrected chi connectivity index (χ1v) is 21.9. The molecule has 1 heteroatoms. The van der Waals surface area contributed by atoms with Gasteiger partial charge in [-0.3, -0.25) is 0 Å². The molecule has 0 fully saturated rings. The van der Waals surface area contributed by atoms with Crippen LogP contribution in [0.4, 0.5) is 17.1 Å². The molecule has 0 aliphatic heterocycles. The van der Waals surface area contributed by atoms with Crippen molar-refractivity contribution >= 4 is 17.1 Å². The Labute approximate surface area is 369 Å². The minimum atomic E-state index is -0.468. The van der Waals surface area contributed by atoms with Crippen molar-refractivity contribution in [3.63, 3.8) is 0 Å². The van der Waals surface area contributed by atoms with Crippen molar-refractivity contribution in [2.45, 2.75) is 10.8 Å². The molecule has 0 aromatic heterocycles. The Bertz CT molecular complexity index is 3160. The monoisotopic (exact) mass is 801 g/mol. The molecule has 12 rings (SSSR count). The lowest BCUT2D eigenvalue weighted by Gasteiger charge is -2.35. The van der Waals surface area contributed by atoms with Gasteiger partial charge in [0, 0.05) is 17.1 Å². The Morgan fingerprint density at radius 2 is 0.540 bits per heavy atom. The first kappa shape index (κ1) is 36.8. The molecule has 0 bridgehead atoms. The van der Waals surface area contributed by atoms with Crippen LogP contribution in [-0.2, 0) is 10.8 Å².